The molecule has 2 aliphatic rings. The third-order valence-electron chi connectivity index (χ3n) is 5.36. The van der Waals surface area contributed by atoms with Crippen molar-refractivity contribution in [3.8, 4) is 0 Å². The van der Waals surface area contributed by atoms with E-state index in [1.165, 1.54) is 34.1 Å². The Morgan fingerprint density at radius 3 is 2.53 bits per heavy atom. The van der Waals surface area contributed by atoms with Gasteiger partial charge in [-0.15, -0.1) is 0 Å². The van der Waals surface area contributed by atoms with Gasteiger partial charge in [-0.3, -0.25) is 14.4 Å². The molecule has 0 aromatic heterocycles. The second-order valence-corrected chi connectivity index (χ2v) is 7.37. The van der Waals surface area contributed by atoms with Gasteiger partial charge in [-0.2, -0.15) is 0 Å². The van der Waals surface area contributed by atoms with Crippen molar-refractivity contribution in [2.24, 2.45) is 0 Å². The number of piperazine rings is 2. The van der Waals surface area contributed by atoms with Gasteiger partial charge in [0, 0.05) is 18.7 Å². The van der Waals surface area contributed by atoms with Gasteiger partial charge in [0.05, 0.1) is 19.8 Å². The van der Waals surface area contributed by atoms with Crippen molar-refractivity contribution in [3.63, 3.8) is 0 Å². The van der Waals surface area contributed by atoms with Gasteiger partial charge in [0.2, 0.25) is 11.8 Å². The smallest absolute Gasteiger partial charge is 0.254 e. The zero-order chi connectivity index (χ0) is 21.1. The fourth-order valence-corrected chi connectivity index (χ4v) is 3.74. The highest BCUT2D eigenvalue weighted by Crippen LogP contribution is 2.19. The number of amides is 3. The van der Waals surface area contributed by atoms with Crippen molar-refractivity contribution in [3.05, 3.63) is 71.5 Å². The molecule has 0 spiro atoms. The zero-order valence-electron chi connectivity index (χ0n) is 16.3. The molecule has 4 rings (SSSR count). The predicted octanol–water partition coefficient (Wildman–Crippen LogP) is 1.19. The van der Waals surface area contributed by atoms with Crippen LogP contribution in [0.1, 0.15) is 15.9 Å². The molecule has 2 heterocycles. The standard InChI is InChI=1S/C22H22FN3O4/c23-17-8-6-16(7-9-17)21(28)25-10-11-26-19(12-25)20(27)24-18(22(26)29)14-30-13-15-4-2-1-3-5-15/h1-9,18-19H,10-14H2,(H,24,27)/t18-,19+/m0/s1. The fourth-order valence-electron chi connectivity index (χ4n) is 3.74. The summed E-state index contributed by atoms with van der Waals surface area (Å²) in [5, 5.41) is 2.72. The Bertz CT molecular complexity index is 935. The first kappa shape index (κ1) is 20.0. The van der Waals surface area contributed by atoms with Crippen LogP contribution in [0.5, 0.6) is 0 Å². The van der Waals surface area contributed by atoms with E-state index in [4.69, 9.17) is 4.74 Å². The van der Waals surface area contributed by atoms with Crippen LogP contribution in [-0.4, -0.2) is 65.8 Å². The largest absolute Gasteiger partial charge is 0.374 e. The number of halogens is 1. The zero-order valence-corrected chi connectivity index (χ0v) is 16.3. The van der Waals surface area contributed by atoms with Gasteiger partial charge >= 0.3 is 0 Å². The number of benzene rings is 2. The molecule has 7 nitrogen and oxygen atoms in total. The average molecular weight is 411 g/mol. The van der Waals surface area contributed by atoms with Crippen LogP contribution in [0.2, 0.25) is 0 Å². The number of nitrogens with one attached hydrogen (secondary N) is 1. The number of hydrogen-bond acceptors (Lipinski definition) is 4. The van der Waals surface area contributed by atoms with E-state index in [1.807, 2.05) is 30.3 Å². The van der Waals surface area contributed by atoms with Crippen LogP contribution in [-0.2, 0) is 20.9 Å². The number of carbonyl (C=O) groups is 3. The molecule has 2 saturated heterocycles. The van der Waals surface area contributed by atoms with Crippen LogP contribution in [0.15, 0.2) is 54.6 Å². The van der Waals surface area contributed by atoms with E-state index in [1.54, 1.807) is 0 Å². The van der Waals surface area contributed by atoms with Crippen molar-refractivity contribution >= 4 is 17.7 Å². The third kappa shape index (κ3) is 4.18. The van der Waals surface area contributed by atoms with Crippen LogP contribution >= 0.6 is 0 Å². The van der Waals surface area contributed by atoms with E-state index in [-0.39, 0.29) is 37.4 Å². The number of hydrogen-bond donors (Lipinski definition) is 1. The summed E-state index contributed by atoms with van der Waals surface area (Å²) < 4.78 is 18.7. The molecule has 3 amide bonds. The van der Waals surface area contributed by atoms with Gasteiger partial charge < -0.3 is 19.9 Å². The Morgan fingerprint density at radius 1 is 1.07 bits per heavy atom. The lowest BCUT2D eigenvalue weighted by Gasteiger charge is -2.45. The van der Waals surface area contributed by atoms with Crippen LogP contribution in [0, 0.1) is 5.82 Å². The monoisotopic (exact) mass is 411 g/mol. The normalized spacial score (nSPS) is 21.2. The van der Waals surface area contributed by atoms with Crippen molar-refractivity contribution in [1.29, 1.82) is 0 Å². The Kier molecular flexibility index (Phi) is 5.76. The molecule has 2 atom stereocenters. The number of nitrogens with zero attached hydrogens (tertiary/aromatic N) is 2. The molecule has 0 aliphatic carbocycles. The summed E-state index contributed by atoms with van der Waals surface area (Å²) in [5.41, 5.74) is 1.33. The highest BCUT2D eigenvalue weighted by Gasteiger charge is 2.44. The van der Waals surface area contributed by atoms with Crippen molar-refractivity contribution < 1.29 is 23.5 Å². The molecule has 2 aromatic rings. The Morgan fingerprint density at radius 2 is 1.80 bits per heavy atom. The van der Waals surface area contributed by atoms with E-state index >= 15 is 0 Å². The Labute approximate surface area is 173 Å². The van der Waals surface area contributed by atoms with Gasteiger partial charge in [0.25, 0.3) is 5.91 Å². The molecular weight excluding hydrogens is 389 g/mol. The summed E-state index contributed by atoms with van der Waals surface area (Å²) in [5.74, 6) is -1.22. The third-order valence-corrected chi connectivity index (χ3v) is 5.36. The van der Waals surface area contributed by atoms with Crippen LogP contribution in [0.25, 0.3) is 0 Å². The summed E-state index contributed by atoms with van der Waals surface area (Å²) in [7, 11) is 0. The molecule has 156 valence electrons. The average Bonchev–Trinajstić information content (AvgIpc) is 2.77. The number of carbonyl (C=O) groups excluding carboxylic acids is 3. The lowest BCUT2D eigenvalue weighted by atomic mass is 10.0. The topological polar surface area (TPSA) is 79.0 Å². The molecule has 2 aromatic carbocycles. The van der Waals surface area contributed by atoms with Gasteiger partial charge in [0.15, 0.2) is 0 Å². The van der Waals surface area contributed by atoms with Gasteiger partial charge in [-0.25, -0.2) is 4.39 Å². The first-order chi connectivity index (χ1) is 14.5. The summed E-state index contributed by atoms with van der Waals surface area (Å²) in [6.07, 6.45) is 0. The van der Waals surface area contributed by atoms with Crippen molar-refractivity contribution in [2.45, 2.75) is 18.7 Å². The van der Waals surface area contributed by atoms with Gasteiger partial charge in [-0.1, -0.05) is 30.3 Å². The quantitative estimate of drug-likeness (QED) is 0.802. The summed E-state index contributed by atoms with van der Waals surface area (Å²) in [6.45, 7) is 1.11. The molecule has 0 unspecified atom stereocenters. The van der Waals surface area contributed by atoms with E-state index in [0.717, 1.165) is 5.56 Å². The molecule has 0 radical (unpaired) electrons. The molecular formula is C22H22FN3O4. The predicted molar refractivity (Wildman–Crippen MR) is 106 cm³/mol. The fraction of sp³-hybridized carbons (Fsp3) is 0.318. The maximum Gasteiger partial charge on any atom is 0.254 e. The highest BCUT2D eigenvalue weighted by atomic mass is 19.1. The SMILES string of the molecule is O=C1N[C@@H](COCc2ccccc2)C(=O)N2CCN(C(=O)c3ccc(F)cc3)C[C@H]12. The molecule has 0 bridgehead atoms. The van der Waals surface area contributed by atoms with E-state index in [0.29, 0.717) is 18.7 Å². The molecule has 1 N–H and O–H groups in total. The molecule has 0 saturated carbocycles. The second kappa shape index (κ2) is 8.62. The lowest BCUT2D eigenvalue weighted by molar-refractivity contribution is -0.154. The summed E-state index contributed by atoms with van der Waals surface area (Å²) >= 11 is 0. The van der Waals surface area contributed by atoms with Crippen molar-refractivity contribution in [1.82, 2.24) is 15.1 Å². The number of ether oxygens (including phenoxy) is 1. The Hall–Kier alpha value is -3.26. The second-order valence-electron chi connectivity index (χ2n) is 7.37. The van der Waals surface area contributed by atoms with Crippen LogP contribution in [0.3, 0.4) is 0 Å². The first-order valence-electron chi connectivity index (χ1n) is 9.80. The molecule has 8 heteroatoms. The van der Waals surface area contributed by atoms with Crippen LogP contribution < -0.4 is 5.32 Å². The maximum atomic E-state index is 13.1. The minimum Gasteiger partial charge on any atom is -0.374 e. The number of fused-ring (bicyclic) bond motifs is 1. The highest BCUT2D eigenvalue weighted by molar-refractivity contribution is 5.99. The van der Waals surface area contributed by atoms with Crippen molar-refractivity contribution in [2.75, 3.05) is 26.2 Å². The van der Waals surface area contributed by atoms with E-state index < -0.39 is 17.9 Å². The summed E-state index contributed by atoms with van der Waals surface area (Å²) in [4.78, 5) is 41.1. The minimum absolute atomic E-state index is 0.0842. The lowest BCUT2D eigenvalue weighted by Crippen LogP contribution is -2.70. The molecule has 30 heavy (non-hydrogen) atoms. The maximum absolute atomic E-state index is 13.1. The molecule has 2 fully saturated rings. The molecule has 2 aliphatic heterocycles. The van der Waals surface area contributed by atoms with E-state index in [2.05, 4.69) is 5.32 Å². The summed E-state index contributed by atoms with van der Waals surface area (Å²) in [6, 6.07) is 13.4. The Balaban J connectivity index is 1.35. The number of rotatable bonds is 5. The van der Waals surface area contributed by atoms with E-state index in [9.17, 15) is 18.8 Å². The van der Waals surface area contributed by atoms with Gasteiger partial charge in [-0.05, 0) is 29.8 Å². The first-order valence-corrected chi connectivity index (χ1v) is 9.80. The van der Waals surface area contributed by atoms with Gasteiger partial charge in [0.1, 0.15) is 17.9 Å². The van der Waals surface area contributed by atoms with Crippen LogP contribution in [0.4, 0.5) is 4.39 Å². The minimum atomic E-state index is -0.739.